The van der Waals surface area contributed by atoms with Crippen molar-refractivity contribution in [3.63, 3.8) is 0 Å². The molecular weight excluding hydrogens is 248 g/mol. The molecule has 1 amide bonds. The fourth-order valence-corrected chi connectivity index (χ4v) is 3.04. The lowest BCUT2D eigenvalue weighted by Crippen LogP contribution is -2.38. The molecule has 2 atom stereocenters. The average molecular weight is 272 g/mol. The van der Waals surface area contributed by atoms with E-state index in [-0.39, 0.29) is 12.2 Å². The molecule has 3 heteroatoms. The highest BCUT2D eigenvalue weighted by Crippen LogP contribution is 2.32. The molecule has 2 unspecified atom stereocenters. The molecule has 1 saturated heterocycles. The van der Waals surface area contributed by atoms with E-state index in [1.54, 1.807) is 0 Å². The van der Waals surface area contributed by atoms with Crippen LogP contribution in [0.5, 0.6) is 0 Å². The number of carbonyl (C=O) groups is 1. The van der Waals surface area contributed by atoms with Crippen molar-refractivity contribution >= 4 is 5.91 Å². The molecule has 0 aromatic heterocycles. The maximum absolute atomic E-state index is 12.5. The minimum absolute atomic E-state index is 0.0129. The fraction of sp³-hybridized carbons (Fsp3) is 0.588. The smallest absolute Gasteiger partial charge is 0.241 e. The molecule has 0 spiro atoms. The molecule has 1 N–H and O–H groups in total. The van der Waals surface area contributed by atoms with Crippen molar-refractivity contribution < 1.29 is 4.79 Å². The molecule has 3 nitrogen and oxygen atoms in total. The Morgan fingerprint density at radius 3 is 2.65 bits per heavy atom. The van der Waals surface area contributed by atoms with E-state index in [1.807, 2.05) is 6.07 Å². The van der Waals surface area contributed by atoms with Crippen LogP contribution in [0.4, 0.5) is 0 Å². The van der Waals surface area contributed by atoms with Crippen molar-refractivity contribution in [2.24, 2.45) is 5.92 Å². The van der Waals surface area contributed by atoms with Gasteiger partial charge in [-0.1, -0.05) is 37.3 Å². The Bertz CT molecular complexity index is 455. The van der Waals surface area contributed by atoms with E-state index in [0.29, 0.717) is 5.91 Å². The summed E-state index contributed by atoms with van der Waals surface area (Å²) in [4.78, 5) is 14.6. The number of hydrogen-bond donors (Lipinski definition) is 1. The van der Waals surface area contributed by atoms with Crippen molar-refractivity contribution in [1.29, 1.82) is 0 Å². The van der Waals surface area contributed by atoms with Crippen LogP contribution < -0.4 is 5.32 Å². The highest BCUT2D eigenvalue weighted by Gasteiger charge is 2.39. The molecule has 3 rings (SSSR count). The molecule has 2 aliphatic rings. The molecule has 1 heterocycles. The van der Waals surface area contributed by atoms with Gasteiger partial charge in [-0.05, 0) is 43.6 Å². The predicted molar refractivity (Wildman–Crippen MR) is 80.2 cm³/mol. The lowest BCUT2D eigenvalue weighted by Gasteiger charge is -2.22. The lowest BCUT2D eigenvalue weighted by atomic mass is 10.1. The number of nitrogens with zero attached hydrogens (tertiary/aromatic N) is 1. The van der Waals surface area contributed by atoms with Gasteiger partial charge in [0.05, 0.1) is 12.2 Å². The number of rotatable bonds is 6. The summed E-state index contributed by atoms with van der Waals surface area (Å²) < 4.78 is 0. The summed E-state index contributed by atoms with van der Waals surface area (Å²) in [5.74, 6) is 1.09. The van der Waals surface area contributed by atoms with Crippen LogP contribution in [0.25, 0.3) is 0 Å². The molecule has 1 saturated carbocycles. The zero-order valence-electron chi connectivity index (χ0n) is 12.2. The van der Waals surface area contributed by atoms with E-state index in [4.69, 9.17) is 0 Å². The van der Waals surface area contributed by atoms with Crippen LogP contribution in [-0.4, -0.2) is 29.6 Å². The van der Waals surface area contributed by atoms with Gasteiger partial charge in [-0.25, -0.2) is 0 Å². The summed E-state index contributed by atoms with van der Waals surface area (Å²) in [6, 6.07) is 10.4. The quantitative estimate of drug-likeness (QED) is 0.863. The predicted octanol–water partition coefficient (Wildman–Crippen LogP) is 2.57. The third-order valence-corrected chi connectivity index (χ3v) is 4.45. The van der Waals surface area contributed by atoms with Crippen LogP contribution in [0.2, 0.25) is 0 Å². The number of nitrogens with one attached hydrogen (secondary N) is 1. The van der Waals surface area contributed by atoms with Gasteiger partial charge in [-0.2, -0.15) is 0 Å². The Hall–Kier alpha value is -1.35. The Balaban J connectivity index is 1.58. The van der Waals surface area contributed by atoms with Crippen LogP contribution in [0.1, 0.15) is 38.2 Å². The topological polar surface area (TPSA) is 32.3 Å². The third-order valence-electron chi connectivity index (χ3n) is 4.45. The minimum atomic E-state index is 0.0129. The van der Waals surface area contributed by atoms with Gasteiger partial charge >= 0.3 is 0 Å². The second-order valence-electron chi connectivity index (χ2n) is 6.10. The van der Waals surface area contributed by atoms with Crippen LogP contribution in [0, 0.1) is 5.92 Å². The fourth-order valence-electron chi connectivity index (χ4n) is 3.04. The number of carbonyl (C=O) groups excluding carboxylic acids is 1. The normalized spacial score (nSPS) is 26.2. The van der Waals surface area contributed by atoms with Gasteiger partial charge in [-0.15, -0.1) is 0 Å². The zero-order valence-corrected chi connectivity index (χ0v) is 12.2. The Labute approximate surface area is 121 Å². The Morgan fingerprint density at radius 2 is 2.00 bits per heavy atom. The van der Waals surface area contributed by atoms with Crippen molar-refractivity contribution in [3.8, 4) is 0 Å². The van der Waals surface area contributed by atoms with Gasteiger partial charge in [0.15, 0.2) is 0 Å². The lowest BCUT2D eigenvalue weighted by molar-refractivity contribution is -0.130. The van der Waals surface area contributed by atoms with Crippen LogP contribution in [-0.2, 0) is 11.2 Å². The van der Waals surface area contributed by atoms with E-state index < -0.39 is 0 Å². The first-order chi connectivity index (χ1) is 9.78. The third kappa shape index (κ3) is 3.04. The number of aryl methyl sites for hydroxylation is 1. The second-order valence-corrected chi connectivity index (χ2v) is 6.10. The minimum Gasteiger partial charge on any atom is -0.326 e. The number of hydrogen-bond acceptors (Lipinski definition) is 2. The van der Waals surface area contributed by atoms with Crippen LogP contribution in [0.3, 0.4) is 0 Å². The Kier molecular flexibility index (Phi) is 4.06. The molecule has 1 aliphatic heterocycles. The molecule has 1 aliphatic carbocycles. The summed E-state index contributed by atoms with van der Waals surface area (Å²) in [6.07, 6.45) is 5.73. The average Bonchev–Trinajstić information content (AvgIpc) is 3.25. The van der Waals surface area contributed by atoms with E-state index >= 15 is 0 Å². The summed E-state index contributed by atoms with van der Waals surface area (Å²) in [5, 5.41) is 3.52. The highest BCUT2D eigenvalue weighted by atomic mass is 16.2. The first-order valence-corrected chi connectivity index (χ1v) is 7.88. The number of benzene rings is 1. The first-order valence-electron chi connectivity index (χ1n) is 7.88. The first kappa shape index (κ1) is 13.6. The van der Waals surface area contributed by atoms with E-state index in [0.717, 1.165) is 31.7 Å². The monoisotopic (exact) mass is 272 g/mol. The summed E-state index contributed by atoms with van der Waals surface area (Å²) in [5.41, 5.74) is 1.32. The molecule has 2 fully saturated rings. The molecule has 0 bridgehead atoms. The summed E-state index contributed by atoms with van der Waals surface area (Å²) >= 11 is 0. The molecule has 1 aromatic carbocycles. The van der Waals surface area contributed by atoms with Gasteiger partial charge in [0.2, 0.25) is 5.91 Å². The van der Waals surface area contributed by atoms with E-state index in [2.05, 4.69) is 41.4 Å². The zero-order chi connectivity index (χ0) is 13.9. The van der Waals surface area contributed by atoms with Gasteiger partial charge < -0.3 is 4.90 Å². The molecule has 20 heavy (non-hydrogen) atoms. The second kappa shape index (κ2) is 5.96. The van der Waals surface area contributed by atoms with Crippen molar-refractivity contribution in [3.05, 3.63) is 35.9 Å². The van der Waals surface area contributed by atoms with Crippen LogP contribution >= 0.6 is 0 Å². The van der Waals surface area contributed by atoms with E-state index in [9.17, 15) is 4.79 Å². The number of amides is 1. The Morgan fingerprint density at radius 1 is 1.25 bits per heavy atom. The largest absolute Gasteiger partial charge is 0.326 e. The molecule has 108 valence electrons. The van der Waals surface area contributed by atoms with Gasteiger partial charge in [-0.3, -0.25) is 10.1 Å². The van der Waals surface area contributed by atoms with E-state index in [1.165, 1.54) is 18.4 Å². The van der Waals surface area contributed by atoms with Gasteiger partial charge in [0.1, 0.15) is 0 Å². The van der Waals surface area contributed by atoms with Gasteiger partial charge in [0.25, 0.3) is 0 Å². The van der Waals surface area contributed by atoms with Crippen molar-refractivity contribution in [2.75, 3.05) is 6.54 Å². The highest BCUT2D eigenvalue weighted by molar-refractivity contribution is 5.84. The maximum Gasteiger partial charge on any atom is 0.241 e. The maximum atomic E-state index is 12.5. The molecule has 0 radical (unpaired) electrons. The molecule has 1 aromatic rings. The molecular formula is C17H24N2O. The SMILES string of the molecule is CCC1NC(CCc2ccccc2)C(=O)N1CC1CC1. The van der Waals surface area contributed by atoms with Gasteiger partial charge in [0, 0.05) is 6.54 Å². The van der Waals surface area contributed by atoms with Crippen molar-refractivity contribution in [2.45, 2.75) is 51.2 Å². The standard InChI is InChI=1S/C17H24N2O/c1-2-16-18-15(11-10-13-6-4-3-5-7-13)17(20)19(16)12-14-8-9-14/h3-7,14-16,18H,2,8-12H2,1H3. The summed E-state index contributed by atoms with van der Waals surface area (Å²) in [6.45, 7) is 3.12. The van der Waals surface area contributed by atoms with Crippen molar-refractivity contribution in [1.82, 2.24) is 10.2 Å². The summed E-state index contributed by atoms with van der Waals surface area (Å²) in [7, 11) is 0. The van der Waals surface area contributed by atoms with Crippen LogP contribution in [0.15, 0.2) is 30.3 Å².